The van der Waals surface area contributed by atoms with Crippen LogP contribution < -0.4 is 5.46 Å². The van der Waals surface area contributed by atoms with Crippen molar-refractivity contribution in [2.24, 2.45) is 0 Å². The molecular formula is C20H25BN2O2. The fraction of sp³-hybridized carbons (Fsp3) is 0.550. The summed E-state index contributed by atoms with van der Waals surface area (Å²) >= 11 is 0. The summed E-state index contributed by atoms with van der Waals surface area (Å²) in [6, 6.07) is 7.00. The Morgan fingerprint density at radius 1 is 1.16 bits per heavy atom. The number of rotatable bonds is 2. The molecule has 0 unspecified atom stereocenters. The van der Waals surface area contributed by atoms with E-state index in [-0.39, 0.29) is 11.2 Å². The van der Waals surface area contributed by atoms with Crippen LogP contribution in [0.15, 0.2) is 18.3 Å². The van der Waals surface area contributed by atoms with Crippen LogP contribution >= 0.6 is 0 Å². The third-order valence-corrected chi connectivity index (χ3v) is 6.31. The Morgan fingerprint density at radius 3 is 2.32 bits per heavy atom. The number of hydrogen-bond donors (Lipinski definition) is 0. The Morgan fingerprint density at radius 2 is 1.80 bits per heavy atom. The molecule has 25 heavy (non-hydrogen) atoms. The number of nitrogens with zero attached hydrogens (tertiary/aromatic N) is 2. The number of hydrogen-bond acceptors (Lipinski definition) is 3. The maximum atomic E-state index is 9.45. The molecule has 2 aliphatic rings. The summed E-state index contributed by atoms with van der Waals surface area (Å²) in [5.74, 6) is 0. The lowest BCUT2D eigenvalue weighted by molar-refractivity contribution is 0.00578. The maximum Gasteiger partial charge on any atom is 0.497 e. The van der Waals surface area contributed by atoms with E-state index in [1.807, 2.05) is 13.0 Å². The topological polar surface area (TPSA) is 47.2 Å². The summed E-state index contributed by atoms with van der Waals surface area (Å²) < 4.78 is 14.9. The lowest BCUT2D eigenvalue weighted by Gasteiger charge is -2.32. The summed E-state index contributed by atoms with van der Waals surface area (Å²) in [5.41, 5.74) is 3.23. The maximum absolute atomic E-state index is 9.45. The molecule has 1 aromatic heterocycles. The van der Waals surface area contributed by atoms with Gasteiger partial charge in [0.05, 0.1) is 22.8 Å². The van der Waals surface area contributed by atoms with Gasteiger partial charge < -0.3 is 13.9 Å². The monoisotopic (exact) mass is 336 g/mol. The van der Waals surface area contributed by atoms with Gasteiger partial charge >= 0.3 is 7.12 Å². The molecule has 0 radical (unpaired) electrons. The minimum atomic E-state index is -0.400. The molecule has 5 heteroatoms. The Bertz CT molecular complexity index is 871. The van der Waals surface area contributed by atoms with Crippen LogP contribution in [0.3, 0.4) is 0 Å². The van der Waals surface area contributed by atoms with E-state index < -0.39 is 7.12 Å². The van der Waals surface area contributed by atoms with Crippen molar-refractivity contribution in [1.29, 1.82) is 5.26 Å². The molecule has 4 rings (SSSR count). The second-order valence-corrected chi connectivity index (χ2v) is 8.46. The zero-order valence-electron chi connectivity index (χ0n) is 15.7. The lowest BCUT2D eigenvalue weighted by Crippen LogP contribution is -2.41. The van der Waals surface area contributed by atoms with E-state index in [0.717, 1.165) is 22.0 Å². The van der Waals surface area contributed by atoms with E-state index in [1.54, 1.807) is 0 Å². The number of aromatic nitrogens is 1. The first-order valence-corrected chi connectivity index (χ1v) is 9.14. The van der Waals surface area contributed by atoms with Crippen LogP contribution in [-0.2, 0) is 9.31 Å². The van der Waals surface area contributed by atoms with Gasteiger partial charge in [-0.3, -0.25) is 0 Å². The molecule has 2 aromatic rings. The number of fused-ring (bicyclic) bond motifs is 1. The first-order chi connectivity index (χ1) is 11.7. The Kier molecular flexibility index (Phi) is 3.58. The van der Waals surface area contributed by atoms with Gasteiger partial charge in [0.2, 0.25) is 0 Å². The third kappa shape index (κ3) is 2.43. The Balaban J connectivity index is 1.88. The van der Waals surface area contributed by atoms with E-state index in [9.17, 15) is 5.26 Å². The van der Waals surface area contributed by atoms with Gasteiger partial charge in [0.15, 0.2) is 0 Å². The molecule has 0 spiro atoms. The molecule has 0 amide bonds. The summed E-state index contributed by atoms with van der Waals surface area (Å²) in [6.07, 6.45) is 5.90. The molecule has 2 fully saturated rings. The zero-order chi connectivity index (χ0) is 18.0. The van der Waals surface area contributed by atoms with Gasteiger partial charge in [-0.2, -0.15) is 5.26 Å². The minimum Gasteiger partial charge on any atom is -0.399 e. The first-order valence-electron chi connectivity index (χ1n) is 9.14. The molecule has 130 valence electrons. The molecule has 0 N–H and O–H groups in total. The standard InChI is InChI=1S/C20H25BN2O2/c1-13-9-18-16(10-14(13)11-22)17(12-23(18)15-7-6-8-15)21-24-19(2,3)20(4,5)25-21/h9-10,12,15H,6-8H2,1-5H3. The SMILES string of the molecule is Cc1cc2c(cc1C#N)c(B1OC(C)(C)C(C)(C)O1)cn2C1CCC1. The van der Waals surface area contributed by atoms with Gasteiger partial charge in [0.25, 0.3) is 0 Å². The average molecular weight is 336 g/mol. The van der Waals surface area contributed by atoms with E-state index in [2.05, 4.69) is 50.6 Å². The third-order valence-electron chi connectivity index (χ3n) is 6.31. The highest BCUT2D eigenvalue weighted by molar-refractivity contribution is 6.65. The van der Waals surface area contributed by atoms with Crippen LogP contribution in [0.25, 0.3) is 10.9 Å². The second-order valence-electron chi connectivity index (χ2n) is 8.46. The van der Waals surface area contributed by atoms with E-state index in [1.165, 1.54) is 24.8 Å². The molecular weight excluding hydrogens is 311 g/mol. The van der Waals surface area contributed by atoms with Crippen molar-refractivity contribution < 1.29 is 9.31 Å². The molecule has 0 bridgehead atoms. The largest absolute Gasteiger partial charge is 0.497 e. The van der Waals surface area contributed by atoms with Crippen molar-refractivity contribution in [3.63, 3.8) is 0 Å². The van der Waals surface area contributed by atoms with Crippen molar-refractivity contribution in [1.82, 2.24) is 4.57 Å². The lowest BCUT2D eigenvalue weighted by atomic mass is 9.78. The normalized spacial score (nSPS) is 22.2. The van der Waals surface area contributed by atoms with Gasteiger partial charge in [-0.1, -0.05) is 0 Å². The van der Waals surface area contributed by atoms with Crippen LogP contribution in [0.2, 0.25) is 0 Å². The van der Waals surface area contributed by atoms with Crippen LogP contribution in [0.4, 0.5) is 0 Å². The summed E-state index contributed by atoms with van der Waals surface area (Å²) in [7, 11) is -0.400. The first kappa shape index (κ1) is 16.7. The summed E-state index contributed by atoms with van der Waals surface area (Å²) in [6.45, 7) is 10.3. The molecule has 1 saturated heterocycles. The van der Waals surface area contributed by atoms with Crippen LogP contribution in [0.5, 0.6) is 0 Å². The molecule has 0 atom stereocenters. The highest BCUT2D eigenvalue weighted by Crippen LogP contribution is 2.39. The average Bonchev–Trinajstić information content (AvgIpc) is 2.91. The van der Waals surface area contributed by atoms with Crippen LogP contribution in [-0.4, -0.2) is 22.9 Å². The molecule has 4 nitrogen and oxygen atoms in total. The van der Waals surface area contributed by atoms with Gasteiger partial charge in [-0.15, -0.1) is 0 Å². The quantitative estimate of drug-likeness (QED) is 0.783. The van der Waals surface area contributed by atoms with E-state index >= 15 is 0 Å². The van der Waals surface area contributed by atoms with Crippen LogP contribution in [0.1, 0.15) is 64.1 Å². The van der Waals surface area contributed by atoms with Crippen molar-refractivity contribution >= 4 is 23.5 Å². The van der Waals surface area contributed by atoms with Gasteiger partial charge in [0, 0.05) is 28.6 Å². The fourth-order valence-corrected chi connectivity index (χ4v) is 3.67. The summed E-state index contributed by atoms with van der Waals surface area (Å²) in [4.78, 5) is 0. The van der Waals surface area contributed by atoms with Gasteiger partial charge in [-0.05, 0) is 71.6 Å². The highest BCUT2D eigenvalue weighted by Gasteiger charge is 2.52. The van der Waals surface area contributed by atoms with Gasteiger partial charge in [0.1, 0.15) is 0 Å². The molecule has 1 aliphatic heterocycles. The Hall–Kier alpha value is -1.77. The smallest absolute Gasteiger partial charge is 0.399 e. The van der Waals surface area contributed by atoms with Crippen molar-refractivity contribution in [2.75, 3.05) is 0 Å². The van der Waals surface area contributed by atoms with E-state index in [4.69, 9.17) is 9.31 Å². The highest BCUT2D eigenvalue weighted by atomic mass is 16.7. The van der Waals surface area contributed by atoms with Crippen molar-refractivity contribution in [2.45, 2.75) is 71.1 Å². The Labute approximate surface area is 149 Å². The predicted octanol–water partition coefficient (Wildman–Crippen LogP) is 3.85. The number of aryl methyl sites for hydroxylation is 1. The molecule has 1 saturated carbocycles. The fourth-order valence-electron chi connectivity index (χ4n) is 3.67. The van der Waals surface area contributed by atoms with Crippen molar-refractivity contribution in [3.05, 3.63) is 29.5 Å². The molecule has 1 aromatic carbocycles. The zero-order valence-corrected chi connectivity index (χ0v) is 15.7. The number of nitriles is 1. The van der Waals surface area contributed by atoms with E-state index in [0.29, 0.717) is 6.04 Å². The predicted molar refractivity (Wildman–Crippen MR) is 100.0 cm³/mol. The van der Waals surface area contributed by atoms with Gasteiger partial charge in [-0.25, -0.2) is 0 Å². The molecule has 1 aliphatic carbocycles. The molecule has 2 heterocycles. The van der Waals surface area contributed by atoms with Crippen LogP contribution in [0, 0.1) is 18.3 Å². The second kappa shape index (κ2) is 5.36. The van der Waals surface area contributed by atoms with Crippen molar-refractivity contribution in [3.8, 4) is 6.07 Å². The summed E-state index contributed by atoms with van der Waals surface area (Å²) in [5, 5.41) is 10.5. The minimum absolute atomic E-state index is 0.370. The number of benzene rings is 1.